The largest absolute Gasteiger partial charge is 0.389 e. The highest BCUT2D eigenvalue weighted by Gasteiger charge is 2.23. The average Bonchev–Trinajstić information content (AvgIpc) is 2.39. The van der Waals surface area contributed by atoms with Crippen LogP contribution in [0.4, 0.5) is 0 Å². The second-order valence-electron chi connectivity index (χ2n) is 5.68. The number of piperidine rings is 1. The molecule has 1 rings (SSSR count). The fraction of sp³-hybridized carbons (Fsp3) is 0.867. The number of hydrogen-bond donors (Lipinski definition) is 1. The van der Waals surface area contributed by atoms with Crippen LogP contribution in [0.15, 0.2) is 0 Å². The Labute approximate surface area is 112 Å². The van der Waals surface area contributed by atoms with E-state index < -0.39 is 11.7 Å². The van der Waals surface area contributed by atoms with Crippen LogP contribution in [-0.4, -0.2) is 48.0 Å². The molecule has 0 aliphatic carbocycles. The summed E-state index contributed by atoms with van der Waals surface area (Å²) in [4.78, 5) is 2.31. The van der Waals surface area contributed by atoms with Gasteiger partial charge in [-0.05, 0) is 45.2 Å². The first kappa shape index (κ1) is 15.5. The molecule has 1 aliphatic heterocycles. The minimum Gasteiger partial charge on any atom is -0.389 e. The van der Waals surface area contributed by atoms with Crippen LogP contribution < -0.4 is 0 Å². The Hall–Kier alpha value is -0.560. The van der Waals surface area contributed by atoms with Gasteiger partial charge in [-0.25, -0.2) is 0 Å². The van der Waals surface area contributed by atoms with Crippen molar-refractivity contribution in [2.24, 2.45) is 5.92 Å². The van der Waals surface area contributed by atoms with E-state index in [0.29, 0.717) is 13.2 Å². The summed E-state index contributed by atoms with van der Waals surface area (Å²) >= 11 is 0. The van der Waals surface area contributed by atoms with E-state index in [9.17, 15) is 5.11 Å². The van der Waals surface area contributed by atoms with Gasteiger partial charge in [-0.3, -0.25) is 0 Å². The van der Waals surface area contributed by atoms with E-state index in [-0.39, 0.29) is 0 Å². The number of aliphatic hydroxyl groups is 1. The molecule has 0 aromatic rings. The minimum atomic E-state index is -0.544. The molecule has 1 saturated heterocycles. The molecule has 18 heavy (non-hydrogen) atoms. The number of β-amino-alcohol motifs (C(OH)–C–C–N with tert-alkyl or cyclic N) is 1. The Morgan fingerprint density at radius 3 is 2.61 bits per heavy atom. The second kappa shape index (κ2) is 7.13. The maximum atomic E-state index is 9.99. The SMILES string of the molecule is C#C[C@@](C)(CC)OCC(O)CN1CCC(C)CC1. The van der Waals surface area contributed by atoms with Gasteiger partial charge in [-0.2, -0.15) is 0 Å². The van der Waals surface area contributed by atoms with Gasteiger partial charge in [-0.15, -0.1) is 6.42 Å². The van der Waals surface area contributed by atoms with E-state index in [1.807, 2.05) is 13.8 Å². The lowest BCUT2D eigenvalue weighted by atomic mass is 9.99. The van der Waals surface area contributed by atoms with Gasteiger partial charge in [0.2, 0.25) is 0 Å². The van der Waals surface area contributed by atoms with Crippen molar-refractivity contribution < 1.29 is 9.84 Å². The first-order chi connectivity index (χ1) is 8.49. The Kier molecular flexibility index (Phi) is 6.14. The van der Waals surface area contributed by atoms with Crippen molar-refractivity contribution in [1.82, 2.24) is 4.90 Å². The molecule has 1 fully saturated rings. The van der Waals surface area contributed by atoms with Crippen LogP contribution in [0.25, 0.3) is 0 Å². The third kappa shape index (κ3) is 4.97. The number of hydrogen-bond acceptors (Lipinski definition) is 3. The quantitative estimate of drug-likeness (QED) is 0.734. The van der Waals surface area contributed by atoms with Gasteiger partial charge in [0.05, 0.1) is 12.7 Å². The second-order valence-corrected chi connectivity index (χ2v) is 5.68. The number of likely N-dealkylation sites (tertiary alicyclic amines) is 1. The molecule has 1 aliphatic rings. The molecule has 0 saturated carbocycles. The van der Waals surface area contributed by atoms with E-state index >= 15 is 0 Å². The van der Waals surface area contributed by atoms with Crippen LogP contribution >= 0.6 is 0 Å². The monoisotopic (exact) mass is 253 g/mol. The molecule has 0 bridgehead atoms. The highest BCUT2D eigenvalue weighted by molar-refractivity contribution is 5.05. The van der Waals surface area contributed by atoms with Gasteiger partial charge in [0, 0.05) is 6.54 Å². The van der Waals surface area contributed by atoms with Crippen LogP contribution in [0.3, 0.4) is 0 Å². The number of rotatable bonds is 6. The van der Waals surface area contributed by atoms with E-state index in [4.69, 9.17) is 11.2 Å². The number of aliphatic hydroxyl groups excluding tert-OH is 1. The summed E-state index contributed by atoms with van der Waals surface area (Å²) in [5.74, 6) is 3.46. The highest BCUT2D eigenvalue weighted by atomic mass is 16.5. The molecule has 0 aromatic carbocycles. The molecular formula is C15H27NO2. The molecule has 104 valence electrons. The van der Waals surface area contributed by atoms with Gasteiger partial charge in [0.1, 0.15) is 5.60 Å². The first-order valence-corrected chi connectivity index (χ1v) is 7.01. The summed E-state index contributed by atoms with van der Waals surface area (Å²) in [6.07, 6.45) is 8.20. The van der Waals surface area contributed by atoms with E-state index in [1.165, 1.54) is 12.8 Å². The van der Waals surface area contributed by atoms with Crippen LogP contribution in [0, 0.1) is 18.3 Å². The Morgan fingerprint density at radius 1 is 1.50 bits per heavy atom. The molecule has 0 amide bonds. The summed E-state index contributed by atoms with van der Waals surface area (Å²) in [6, 6.07) is 0. The van der Waals surface area contributed by atoms with Crippen molar-refractivity contribution >= 4 is 0 Å². The maximum absolute atomic E-state index is 9.99. The minimum absolute atomic E-state index is 0.320. The van der Waals surface area contributed by atoms with Crippen LogP contribution in [0.2, 0.25) is 0 Å². The van der Waals surface area contributed by atoms with Gasteiger partial charge in [-0.1, -0.05) is 19.8 Å². The predicted molar refractivity (Wildman–Crippen MR) is 74.3 cm³/mol. The van der Waals surface area contributed by atoms with Crippen molar-refractivity contribution in [2.75, 3.05) is 26.2 Å². The van der Waals surface area contributed by atoms with E-state index in [1.54, 1.807) is 0 Å². The van der Waals surface area contributed by atoms with Gasteiger partial charge in [0.15, 0.2) is 0 Å². The Morgan fingerprint density at radius 2 is 2.11 bits per heavy atom. The zero-order valence-electron chi connectivity index (χ0n) is 12.0. The summed E-state index contributed by atoms with van der Waals surface area (Å²) in [5.41, 5.74) is -0.544. The zero-order valence-corrected chi connectivity index (χ0v) is 12.0. The molecule has 1 N–H and O–H groups in total. The lowest BCUT2D eigenvalue weighted by Gasteiger charge is -2.32. The molecule has 0 radical (unpaired) electrons. The van der Waals surface area contributed by atoms with Crippen LogP contribution in [-0.2, 0) is 4.74 Å². The third-order valence-electron chi connectivity index (χ3n) is 3.92. The number of ether oxygens (including phenoxy) is 1. The summed E-state index contributed by atoms with van der Waals surface area (Å²) in [7, 11) is 0. The topological polar surface area (TPSA) is 32.7 Å². The standard InChI is InChI=1S/C15H27NO2/c1-5-15(4,6-2)18-12-14(17)11-16-9-7-13(3)8-10-16/h1,13-14,17H,6-12H2,2-4H3/t14?,15-/m0/s1. The highest BCUT2D eigenvalue weighted by Crippen LogP contribution is 2.17. The van der Waals surface area contributed by atoms with Gasteiger partial charge < -0.3 is 14.7 Å². The molecule has 0 spiro atoms. The Balaban J connectivity index is 2.25. The summed E-state index contributed by atoms with van der Waals surface area (Å²) in [6.45, 7) is 9.35. The molecule has 1 unspecified atom stereocenters. The van der Waals surface area contributed by atoms with Gasteiger partial charge >= 0.3 is 0 Å². The number of terminal acetylenes is 1. The summed E-state index contributed by atoms with van der Waals surface area (Å²) in [5, 5.41) is 9.99. The summed E-state index contributed by atoms with van der Waals surface area (Å²) < 4.78 is 5.64. The van der Waals surface area contributed by atoms with Gasteiger partial charge in [0.25, 0.3) is 0 Å². The fourth-order valence-corrected chi connectivity index (χ4v) is 2.12. The van der Waals surface area contributed by atoms with Crippen molar-refractivity contribution in [3.63, 3.8) is 0 Å². The Bertz CT molecular complexity index is 279. The predicted octanol–water partition coefficient (Wildman–Crippen LogP) is 1.90. The lowest BCUT2D eigenvalue weighted by Crippen LogP contribution is -2.41. The normalized spacial score (nSPS) is 23.3. The first-order valence-electron chi connectivity index (χ1n) is 7.01. The van der Waals surface area contributed by atoms with Crippen molar-refractivity contribution in [3.05, 3.63) is 0 Å². The van der Waals surface area contributed by atoms with Crippen LogP contribution in [0.1, 0.15) is 40.0 Å². The van der Waals surface area contributed by atoms with E-state index in [0.717, 1.165) is 25.4 Å². The zero-order chi connectivity index (χ0) is 13.6. The molecule has 0 aromatic heterocycles. The lowest BCUT2D eigenvalue weighted by molar-refractivity contribution is -0.0489. The molecule has 2 atom stereocenters. The van der Waals surface area contributed by atoms with Crippen molar-refractivity contribution in [1.29, 1.82) is 0 Å². The number of nitrogens with zero attached hydrogens (tertiary/aromatic N) is 1. The fourth-order valence-electron chi connectivity index (χ4n) is 2.12. The van der Waals surface area contributed by atoms with Crippen molar-refractivity contribution in [2.45, 2.75) is 51.7 Å². The molecule has 3 heteroatoms. The van der Waals surface area contributed by atoms with Crippen LogP contribution in [0.5, 0.6) is 0 Å². The average molecular weight is 253 g/mol. The third-order valence-corrected chi connectivity index (χ3v) is 3.92. The molecular weight excluding hydrogens is 226 g/mol. The van der Waals surface area contributed by atoms with E-state index in [2.05, 4.69) is 17.7 Å². The smallest absolute Gasteiger partial charge is 0.125 e. The maximum Gasteiger partial charge on any atom is 0.125 e. The van der Waals surface area contributed by atoms with Crippen molar-refractivity contribution in [3.8, 4) is 12.3 Å². The molecule has 3 nitrogen and oxygen atoms in total. The molecule has 1 heterocycles.